The lowest BCUT2D eigenvalue weighted by molar-refractivity contribution is 0.196. The van der Waals surface area contributed by atoms with E-state index in [1.54, 1.807) is 15.2 Å². The van der Waals surface area contributed by atoms with Crippen LogP contribution in [0.15, 0.2) is 17.3 Å². The monoisotopic (exact) mass is 286 g/mol. The van der Waals surface area contributed by atoms with Gasteiger partial charge < -0.3 is 5.73 Å². The zero-order valence-electron chi connectivity index (χ0n) is 11.5. The van der Waals surface area contributed by atoms with Crippen LogP contribution in [-0.4, -0.2) is 42.1 Å². The second-order valence-electron chi connectivity index (χ2n) is 5.80. The third-order valence-corrected chi connectivity index (χ3v) is 5.53. The lowest BCUT2D eigenvalue weighted by Crippen LogP contribution is -2.40. The molecule has 108 valence electrons. The fourth-order valence-electron chi connectivity index (χ4n) is 2.21. The maximum absolute atomic E-state index is 12.5. The quantitative estimate of drug-likeness (QED) is 0.881. The van der Waals surface area contributed by atoms with Crippen molar-refractivity contribution < 1.29 is 8.42 Å². The number of rotatable bonds is 4. The van der Waals surface area contributed by atoms with Crippen LogP contribution < -0.4 is 5.73 Å². The average molecular weight is 286 g/mol. The standard InChI is InChI=1S/C12H22N4O2S/c1-12(2)3-6-16(7-4-12)19(17,18)11-9-14-15(10-11)8-5-13/h9-10H,3-8,13H2,1-2H3. The molecule has 0 aromatic carbocycles. The minimum Gasteiger partial charge on any atom is -0.329 e. The number of nitrogens with zero attached hydrogens (tertiary/aromatic N) is 3. The third-order valence-electron chi connectivity index (χ3n) is 3.68. The Bertz CT molecular complexity index is 526. The van der Waals surface area contributed by atoms with Crippen LogP contribution in [0.3, 0.4) is 0 Å². The summed E-state index contributed by atoms with van der Waals surface area (Å²) >= 11 is 0. The SMILES string of the molecule is CC1(C)CCN(S(=O)(=O)c2cnn(CCN)c2)CC1. The molecule has 0 radical (unpaired) electrons. The van der Waals surface area contributed by atoms with E-state index < -0.39 is 10.0 Å². The summed E-state index contributed by atoms with van der Waals surface area (Å²) in [6.07, 6.45) is 4.75. The van der Waals surface area contributed by atoms with Gasteiger partial charge in [-0.3, -0.25) is 4.68 Å². The Kier molecular flexibility index (Phi) is 3.98. The van der Waals surface area contributed by atoms with Crippen molar-refractivity contribution in [2.75, 3.05) is 19.6 Å². The molecule has 1 aliphatic heterocycles. The van der Waals surface area contributed by atoms with E-state index in [2.05, 4.69) is 18.9 Å². The Morgan fingerprint density at radius 1 is 1.37 bits per heavy atom. The molecule has 1 aliphatic rings. The number of piperidine rings is 1. The van der Waals surface area contributed by atoms with Crippen LogP contribution in [0.1, 0.15) is 26.7 Å². The van der Waals surface area contributed by atoms with Crippen LogP contribution in [0.25, 0.3) is 0 Å². The Morgan fingerprint density at radius 3 is 2.58 bits per heavy atom. The first-order valence-corrected chi connectivity index (χ1v) is 8.02. The summed E-state index contributed by atoms with van der Waals surface area (Å²) in [5.41, 5.74) is 5.66. The van der Waals surface area contributed by atoms with E-state index in [0.29, 0.717) is 26.2 Å². The van der Waals surface area contributed by atoms with Gasteiger partial charge in [0, 0.05) is 25.8 Å². The molecule has 0 atom stereocenters. The minimum absolute atomic E-state index is 0.232. The second-order valence-corrected chi connectivity index (χ2v) is 7.73. The van der Waals surface area contributed by atoms with Gasteiger partial charge in [-0.25, -0.2) is 8.42 Å². The molecule has 0 spiro atoms. The zero-order chi connectivity index (χ0) is 14.1. The first-order chi connectivity index (χ1) is 8.85. The van der Waals surface area contributed by atoms with Gasteiger partial charge in [0.1, 0.15) is 4.90 Å². The molecule has 2 N–H and O–H groups in total. The predicted molar refractivity (Wildman–Crippen MR) is 73.1 cm³/mol. The molecule has 2 heterocycles. The number of hydrogen-bond acceptors (Lipinski definition) is 4. The van der Waals surface area contributed by atoms with Crippen molar-refractivity contribution in [3.8, 4) is 0 Å². The summed E-state index contributed by atoms with van der Waals surface area (Å²) in [6, 6.07) is 0. The lowest BCUT2D eigenvalue weighted by Gasteiger charge is -2.35. The number of aromatic nitrogens is 2. The summed E-state index contributed by atoms with van der Waals surface area (Å²) in [6.45, 7) is 6.49. The largest absolute Gasteiger partial charge is 0.329 e. The molecule has 1 fully saturated rings. The highest BCUT2D eigenvalue weighted by Gasteiger charge is 2.33. The first-order valence-electron chi connectivity index (χ1n) is 6.58. The van der Waals surface area contributed by atoms with Crippen LogP contribution in [0.2, 0.25) is 0 Å². The zero-order valence-corrected chi connectivity index (χ0v) is 12.4. The Balaban J connectivity index is 2.13. The smallest absolute Gasteiger partial charge is 0.246 e. The Morgan fingerprint density at radius 2 is 2.00 bits per heavy atom. The van der Waals surface area contributed by atoms with Crippen LogP contribution >= 0.6 is 0 Å². The van der Waals surface area contributed by atoms with E-state index in [1.807, 2.05) is 0 Å². The number of hydrogen-bond donors (Lipinski definition) is 1. The van der Waals surface area contributed by atoms with Crippen molar-refractivity contribution >= 4 is 10.0 Å². The molecule has 1 aromatic heterocycles. The predicted octanol–water partition coefficient (Wildman–Crippen LogP) is 0.653. The van der Waals surface area contributed by atoms with Gasteiger partial charge in [0.25, 0.3) is 0 Å². The normalized spacial score (nSPS) is 20.6. The highest BCUT2D eigenvalue weighted by molar-refractivity contribution is 7.89. The molecule has 0 aliphatic carbocycles. The van der Waals surface area contributed by atoms with E-state index in [0.717, 1.165) is 12.8 Å². The van der Waals surface area contributed by atoms with Gasteiger partial charge in [-0.15, -0.1) is 0 Å². The van der Waals surface area contributed by atoms with Gasteiger partial charge in [0.15, 0.2) is 0 Å². The summed E-state index contributed by atoms with van der Waals surface area (Å²) in [5.74, 6) is 0. The van der Waals surface area contributed by atoms with E-state index in [1.165, 1.54) is 6.20 Å². The summed E-state index contributed by atoms with van der Waals surface area (Å²) in [5, 5.41) is 4.03. The summed E-state index contributed by atoms with van der Waals surface area (Å²) in [7, 11) is -3.40. The van der Waals surface area contributed by atoms with Crippen molar-refractivity contribution in [2.45, 2.75) is 38.1 Å². The summed E-state index contributed by atoms with van der Waals surface area (Å²) in [4.78, 5) is 0.264. The fourth-order valence-corrected chi connectivity index (χ4v) is 3.61. The van der Waals surface area contributed by atoms with E-state index >= 15 is 0 Å². The van der Waals surface area contributed by atoms with Gasteiger partial charge in [0.2, 0.25) is 10.0 Å². The minimum atomic E-state index is -3.40. The van der Waals surface area contributed by atoms with Crippen LogP contribution in [-0.2, 0) is 16.6 Å². The number of sulfonamides is 1. The molecule has 0 unspecified atom stereocenters. The van der Waals surface area contributed by atoms with Crippen LogP contribution in [0, 0.1) is 5.41 Å². The van der Waals surface area contributed by atoms with E-state index in [4.69, 9.17) is 5.73 Å². The maximum atomic E-state index is 12.5. The first kappa shape index (κ1) is 14.5. The molecular formula is C12H22N4O2S. The maximum Gasteiger partial charge on any atom is 0.246 e. The highest BCUT2D eigenvalue weighted by Crippen LogP contribution is 2.32. The molecule has 1 aromatic rings. The van der Waals surface area contributed by atoms with Crippen LogP contribution in [0.4, 0.5) is 0 Å². The highest BCUT2D eigenvalue weighted by atomic mass is 32.2. The molecule has 19 heavy (non-hydrogen) atoms. The van der Waals surface area contributed by atoms with Gasteiger partial charge in [-0.2, -0.15) is 9.40 Å². The Labute approximate surface area is 114 Å². The van der Waals surface area contributed by atoms with Gasteiger partial charge in [0.05, 0.1) is 12.7 Å². The van der Waals surface area contributed by atoms with Crippen molar-refractivity contribution in [1.82, 2.24) is 14.1 Å². The molecule has 1 saturated heterocycles. The summed E-state index contributed by atoms with van der Waals surface area (Å²) < 4.78 is 28.0. The van der Waals surface area contributed by atoms with Gasteiger partial charge >= 0.3 is 0 Å². The average Bonchev–Trinajstić information content (AvgIpc) is 2.78. The van der Waals surface area contributed by atoms with Gasteiger partial charge in [-0.1, -0.05) is 13.8 Å². The molecule has 0 bridgehead atoms. The van der Waals surface area contributed by atoms with Gasteiger partial charge in [-0.05, 0) is 18.3 Å². The molecule has 0 saturated carbocycles. The Hall–Kier alpha value is -0.920. The lowest BCUT2D eigenvalue weighted by atomic mass is 9.83. The van der Waals surface area contributed by atoms with Crippen molar-refractivity contribution in [3.05, 3.63) is 12.4 Å². The molecular weight excluding hydrogens is 264 g/mol. The molecule has 0 amide bonds. The molecule has 6 nitrogen and oxygen atoms in total. The molecule has 2 rings (SSSR count). The van der Waals surface area contributed by atoms with Crippen molar-refractivity contribution in [3.63, 3.8) is 0 Å². The van der Waals surface area contributed by atoms with Crippen molar-refractivity contribution in [2.24, 2.45) is 11.1 Å². The van der Waals surface area contributed by atoms with E-state index in [-0.39, 0.29) is 10.3 Å². The van der Waals surface area contributed by atoms with Crippen LogP contribution in [0.5, 0.6) is 0 Å². The third kappa shape index (κ3) is 3.16. The second kappa shape index (κ2) is 5.22. The van der Waals surface area contributed by atoms with E-state index in [9.17, 15) is 8.42 Å². The topological polar surface area (TPSA) is 81.2 Å². The molecule has 7 heteroatoms. The van der Waals surface area contributed by atoms with Crippen molar-refractivity contribution in [1.29, 1.82) is 0 Å². The number of nitrogens with two attached hydrogens (primary N) is 1. The fraction of sp³-hybridized carbons (Fsp3) is 0.750.